The fraction of sp³-hybridized carbons (Fsp3) is 0.333. The van der Waals surface area contributed by atoms with Crippen LogP contribution in [-0.4, -0.2) is 56.6 Å². The van der Waals surface area contributed by atoms with Gasteiger partial charge in [0.25, 0.3) is 0 Å². The lowest BCUT2D eigenvalue weighted by molar-refractivity contribution is -0.357. The van der Waals surface area contributed by atoms with Gasteiger partial charge in [0.15, 0.2) is 0 Å². The molecule has 2 aromatic rings. The predicted octanol–water partition coefficient (Wildman–Crippen LogP) is -0.122. The number of hydrogen-bond acceptors (Lipinski definition) is 6. The number of benzene rings is 2. The van der Waals surface area contributed by atoms with Crippen LogP contribution in [0.2, 0.25) is 0 Å². The molecule has 1 unspecified atom stereocenters. The third kappa shape index (κ3) is 3.75. The summed E-state index contributed by atoms with van der Waals surface area (Å²) >= 11 is 0. The molecule has 0 aliphatic carbocycles. The van der Waals surface area contributed by atoms with E-state index in [1.54, 1.807) is 18.2 Å². The van der Waals surface area contributed by atoms with Crippen molar-refractivity contribution in [2.75, 3.05) is 6.61 Å². The van der Waals surface area contributed by atoms with E-state index in [1.807, 2.05) is 30.3 Å². The van der Waals surface area contributed by atoms with E-state index in [0.29, 0.717) is 6.42 Å². The van der Waals surface area contributed by atoms with Gasteiger partial charge in [-0.05, 0) is 35.7 Å². The number of rotatable bonds is 4. The van der Waals surface area contributed by atoms with Crippen molar-refractivity contribution in [2.24, 2.45) is 0 Å². The largest absolute Gasteiger partial charge is 0.394 e. The zero-order chi connectivity index (χ0) is 19.6. The minimum Gasteiger partial charge on any atom is -0.394 e. The first-order valence-electron chi connectivity index (χ1n) is 8.59. The van der Waals surface area contributed by atoms with E-state index in [0.717, 1.165) is 16.7 Å². The van der Waals surface area contributed by atoms with Crippen LogP contribution in [0.25, 0.3) is 0 Å². The second kappa shape index (κ2) is 7.79. The molecule has 0 radical (unpaired) electrons. The Kier molecular flexibility index (Phi) is 5.63. The monoisotopic (exact) mass is 370 g/mol. The maximum absolute atomic E-state index is 10.9. The molecule has 6 nitrogen and oxygen atoms in total. The lowest BCUT2D eigenvalue weighted by Gasteiger charge is -2.45. The Bertz CT molecular complexity index is 825. The van der Waals surface area contributed by atoms with Gasteiger partial charge in [0, 0.05) is 11.1 Å². The van der Waals surface area contributed by atoms with Gasteiger partial charge >= 0.3 is 0 Å². The van der Waals surface area contributed by atoms with Gasteiger partial charge in [-0.2, -0.15) is 0 Å². The lowest BCUT2D eigenvalue weighted by atomic mass is 9.87. The molecule has 3 rings (SSSR count). The molecule has 2 aromatic carbocycles. The number of aliphatic hydroxyl groups is 5. The van der Waals surface area contributed by atoms with Crippen molar-refractivity contribution < 1.29 is 30.3 Å². The molecule has 27 heavy (non-hydrogen) atoms. The summed E-state index contributed by atoms with van der Waals surface area (Å²) in [7, 11) is 0. The molecule has 0 aromatic heterocycles. The number of aliphatic hydroxyl groups excluding tert-OH is 4. The van der Waals surface area contributed by atoms with Gasteiger partial charge in [0.1, 0.15) is 24.4 Å². The molecule has 0 bridgehead atoms. The molecule has 1 aliphatic rings. The fourth-order valence-corrected chi connectivity index (χ4v) is 3.25. The van der Waals surface area contributed by atoms with Gasteiger partial charge < -0.3 is 30.3 Å². The number of hydrogen-bond donors (Lipinski definition) is 5. The van der Waals surface area contributed by atoms with Crippen LogP contribution in [0.15, 0.2) is 48.5 Å². The van der Waals surface area contributed by atoms with Crippen LogP contribution in [0, 0.1) is 12.3 Å². The van der Waals surface area contributed by atoms with Crippen LogP contribution < -0.4 is 0 Å². The van der Waals surface area contributed by atoms with E-state index in [-0.39, 0.29) is 5.56 Å². The summed E-state index contributed by atoms with van der Waals surface area (Å²) in [5.41, 5.74) is 2.85. The standard InChI is InChI=1S/C21H22O6/c1-2-13-6-8-14(9-7-13)10-15-4-3-5-16(11-15)21(26)20(25)19(24)18(23)17(12-22)27-21/h1,3-9,11,17-20,22-26H,10,12H2/t17-,18-,19+,20-,21?/m1/s1. The zero-order valence-corrected chi connectivity index (χ0v) is 14.6. The van der Waals surface area contributed by atoms with Crippen LogP contribution in [0.5, 0.6) is 0 Å². The summed E-state index contributed by atoms with van der Waals surface area (Å²) in [6.45, 7) is -0.617. The first-order chi connectivity index (χ1) is 12.9. The highest BCUT2D eigenvalue weighted by atomic mass is 16.7. The molecular formula is C21H22O6. The minimum atomic E-state index is -2.25. The molecule has 0 amide bonds. The van der Waals surface area contributed by atoms with Gasteiger partial charge in [0.05, 0.1) is 6.61 Å². The molecule has 5 atom stereocenters. The van der Waals surface area contributed by atoms with Crippen LogP contribution in [0.3, 0.4) is 0 Å². The van der Waals surface area contributed by atoms with Crippen molar-refractivity contribution in [3.8, 4) is 12.3 Å². The van der Waals surface area contributed by atoms with Gasteiger partial charge in [-0.3, -0.25) is 0 Å². The Labute approximate surface area is 157 Å². The van der Waals surface area contributed by atoms with Crippen molar-refractivity contribution in [3.63, 3.8) is 0 Å². The molecule has 0 spiro atoms. The quantitative estimate of drug-likeness (QED) is 0.480. The third-order valence-corrected chi connectivity index (χ3v) is 4.84. The van der Waals surface area contributed by atoms with Gasteiger partial charge in [0.2, 0.25) is 5.79 Å². The predicted molar refractivity (Wildman–Crippen MR) is 97.5 cm³/mol. The maximum Gasteiger partial charge on any atom is 0.222 e. The summed E-state index contributed by atoms with van der Waals surface area (Å²) in [6.07, 6.45) is -0.273. The summed E-state index contributed by atoms with van der Waals surface area (Å²) in [5, 5.41) is 50.4. The lowest BCUT2D eigenvalue weighted by Crippen LogP contribution is -2.63. The number of ether oxygens (including phenoxy) is 1. The molecular weight excluding hydrogens is 348 g/mol. The smallest absolute Gasteiger partial charge is 0.222 e. The Morgan fingerprint density at radius 1 is 1.00 bits per heavy atom. The van der Waals surface area contributed by atoms with Crippen molar-refractivity contribution >= 4 is 0 Å². The summed E-state index contributed by atoms with van der Waals surface area (Å²) in [5.74, 6) is 0.301. The molecule has 1 saturated heterocycles. The minimum absolute atomic E-state index is 0.220. The summed E-state index contributed by atoms with van der Waals surface area (Å²) in [6, 6.07) is 14.2. The van der Waals surface area contributed by atoms with Crippen molar-refractivity contribution in [2.45, 2.75) is 36.6 Å². The van der Waals surface area contributed by atoms with Crippen molar-refractivity contribution in [1.82, 2.24) is 0 Å². The first kappa shape index (κ1) is 19.5. The Morgan fingerprint density at radius 3 is 2.33 bits per heavy atom. The summed E-state index contributed by atoms with van der Waals surface area (Å²) < 4.78 is 5.36. The second-order valence-electron chi connectivity index (χ2n) is 6.68. The Morgan fingerprint density at radius 2 is 1.70 bits per heavy atom. The van der Waals surface area contributed by atoms with Crippen LogP contribution in [0.4, 0.5) is 0 Å². The van der Waals surface area contributed by atoms with E-state index in [9.17, 15) is 25.5 Å². The highest BCUT2D eigenvalue weighted by Crippen LogP contribution is 2.36. The molecule has 142 valence electrons. The average Bonchev–Trinajstić information content (AvgIpc) is 2.70. The van der Waals surface area contributed by atoms with Crippen molar-refractivity contribution in [3.05, 3.63) is 70.8 Å². The molecule has 0 saturated carbocycles. The molecule has 6 heteroatoms. The van der Waals surface area contributed by atoms with E-state index in [4.69, 9.17) is 11.2 Å². The van der Waals surface area contributed by atoms with Crippen molar-refractivity contribution in [1.29, 1.82) is 0 Å². The van der Waals surface area contributed by atoms with Gasteiger partial charge in [-0.15, -0.1) is 6.42 Å². The second-order valence-corrected chi connectivity index (χ2v) is 6.68. The van der Waals surface area contributed by atoms with Crippen LogP contribution in [-0.2, 0) is 16.9 Å². The highest BCUT2D eigenvalue weighted by Gasteiger charge is 2.53. The molecule has 1 fully saturated rings. The Balaban J connectivity index is 1.88. The van der Waals surface area contributed by atoms with E-state index in [2.05, 4.69) is 5.92 Å². The van der Waals surface area contributed by atoms with Crippen LogP contribution >= 0.6 is 0 Å². The molecule has 5 N–H and O–H groups in total. The third-order valence-electron chi connectivity index (χ3n) is 4.84. The average molecular weight is 370 g/mol. The normalized spacial score (nSPS) is 30.7. The number of terminal acetylenes is 1. The first-order valence-corrected chi connectivity index (χ1v) is 8.59. The van der Waals surface area contributed by atoms with E-state index < -0.39 is 36.8 Å². The highest BCUT2D eigenvalue weighted by molar-refractivity contribution is 5.37. The van der Waals surface area contributed by atoms with Crippen LogP contribution in [0.1, 0.15) is 22.3 Å². The zero-order valence-electron chi connectivity index (χ0n) is 14.6. The van der Waals surface area contributed by atoms with E-state index >= 15 is 0 Å². The molecule has 1 heterocycles. The molecule has 1 aliphatic heterocycles. The fourth-order valence-electron chi connectivity index (χ4n) is 3.25. The van der Waals surface area contributed by atoms with E-state index in [1.165, 1.54) is 0 Å². The topological polar surface area (TPSA) is 110 Å². The Hall–Kier alpha value is -2.24. The maximum atomic E-state index is 10.9. The van der Waals surface area contributed by atoms with Gasteiger partial charge in [-0.1, -0.05) is 36.3 Å². The summed E-state index contributed by atoms with van der Waals surface area (Å²) in [4.78, 5) is 0. The SMILES string of the molecule is C#Cc1ccc(Cc2cccc(C3(O)O[C@H](CO)[C@@H](O)[C@H](O)[C@H]3O)c2)cc1. The van der Waals surface area contributed by atoms with Gasteiger partial charge in [-0.25, -0.2) is 0 Å².